The maximum absolute atomic E-state index is 2.34. The Morgan fingerprint density at radius 1 is 0.714 bits per heavy atom. The van der Waals surface area contributed by atoms with E-state index in [-0.39, 0.29) is 0 Å². The van der Waals surface area contributed by atoms with Crippen LogP contribution in [0.25, 0.3) is 0 Å². The molecule has 0 spiro atoms. The third kappa shape index (κ3) is 6.23. The van der Waals surface area contributed by atoms with Crippen molar-refractivity contribution in [2.75, 3.05) is 0 Å². The van der Waals surface area contributed by atoms with Crippen molar-refractivity contribution in [1.82, 2.24) is 0 Å². The molecule has 0 unspecified atom stereocenters. The molecule has 84 valence electrons. The lowest BCUT2D eigenvalue weighted by Crippen LogP contribution is -1.91. The average molecular weight is 196 g/mol. The lowest BCUT2D eigenvalue weighted by atomic mass is 9.96. The number of hydrogen-bond acceptors (Lipinski definition) is 0. The fraction of sp³-hybridized carbons (Fsp3) is 0.857. The molecular formula is C14H28. The van der Waals surface area contributed by atoms with Gasteiger partial charge in [0.15, 0.2) is 0 Å². The zero-order valence-electron chi connectivity index (χ0n) is 10.7. The summed E-state index contributed by atoms with van der Waals surface area (Å²) in [6, 6.07) is 0. The Morgan fingerprint density at radius 2 is 1.21 bits per heavy atom. The average Bonchev–Trinajstić information content (AvgIpc) is 2.18. The van der Waals surface area contributed by atoms with Crippen LogP contribution in [0.3, 0.4) is 0 Å². The lowest BCUT2D eigenvalue weighted by Gasteiger charge is -2.11. The van der Waals surface area contributed by atoms with Gasteiger partial charge in [0.2, 0.25) is 0 Å². The monoisotopic (exact) mass is 196 g/mol. The number of hydrogen-bond donors (Lipinski definition) is 0. The predicted octanol–water partition coefficient (Wildman–Crippen LogP) is 5.48. The summed E-state index contributed by atoms with van der Waals surface area (Å²) in [7, 11) is 0. The largest absolute Gasteiger partial charge is 0.0741 e. The van der Waals surface area contributed by atoms with E-state index in [0.717, 1.165) is 0 Å². The van der Waals surface area contributed by atoms with Crippen LogP contribution >= 0.6 is 0 Å². The zero-order chi connectivity index (χ0) is 10.8. The highest BCUT2D eigenvalue weighted by atomic mass is 14.1. The third-order valence-electron chi connectivity index (χ3n) is 2.89. The van der Waals surface area contributed by atoms with E-state index in [1.165, 1.54) is 51.4 Å². The highest BCUT2D eigenvalue weighted by Crippen LogP contribution is 2.21. The second-order valence-corrected chi connectivity index (χ2v) is 4.34. The molecule has 0 nitrogen and oxygen atoms in total. The maximum Gasteiger partial charge on any atom is -0.0318 e. The van der Waals surface area contributed by atoms with Gasteiger partial charge in [-0.15, -0.1) is 0 Å². The Labute approximate surface area is 90.8 Å². The van der Waals surface area contributed by atoms with Crippen LogP contribution in [0.15, 0.2) is 11.1 Å². The van der Waals surface area contributed by atoms with Crippen molar-refractivity contribution in [3.8, 4) is 0 Å². The minimum Gasteiger partial charge on any atom is -0.0741 e. The number of unbranched alkanes of at least 4 members (excludes halogenated alkanes) is 2. The highest BCUT2D eigenvalue weighted by molar-refractivity contribution is 5.12. The molecule has 0 radical (unpaired) electrons. The summed E-state index contributed by atoms with van der Waals surface area (Å²) < 4.78 is 0. The van der Waals surface area contributed by atoms with Gasteiger partial charge in [-0.2, -0.15) is 0 Å². The van der Waals surface area contributed by atoms with Crippen molar-refractivity contribution in [3.63, 3.8) is 0 Å². The molecule has 14 heavy (non-hydrogen) atoms. The summed E-state index contributed by atoms with van der Waals surface area (Å²) in [5, 5.41) is 0. The Hall–Kier alpha value is -0.260. The van der Waals surface area contributed by atoms with Gasteiger partial charge in [-0.1, -0.05) is 51.2 Å². The fourth-order valence-electron chi connectivity index (χ4n) is 1.88. The Balaban J connectivity index is 4.12. The van der Waals surface area contributed by atoms with Crippen LogP contribution < -0.4 is 0 Å². The molecule has 0 amide bonds. The summed E-state index contributed by atoms with van der Waals surface area (Å²) in [5.41, 5.74) is 3.44. The molecule has 0 saturated carbocycles. The summed E-state index contributed by atoms with van der Waals surface area (Å²) in [6.45, 7) is 9.18. The van der Waals surface area contributed by atoms with Gasteiger partial charge in [-0.25, -0.2) is 0 Å². The van der Waals surface area contributed by atoms with Crippen molar-refractivity contribution < 1.29 is 0 Å². The second kappa shape index (κ2) is 9.30. The van der Waals surface area contributed by atoms with Crippen molar-refractivity contribution >= 4 is 0 Å². The van der Waals surface area contributed by atoms with Crippen LogP contribution in [-0.4, -0.2) is 0 Å². The second-order valence-electron chi connectivity index (χ2n) is 4.34. The molecule has 0 heteroatoms. The normalized spacial score (nSPS) is 10.3. The number of allylic oxidation sites excluding steroid dienone is 2. The molecule has 0 aromatic carbocycles. The molecule has 0 aromatic rings. The van der Waals surface area contributed by atoms with Crippen molar-refractivity contribution in [3.05, 3.63) is 11.1 Å². The Bertz CT molecular complexity index is 143. The topological polar surface area (TPSA) is 0 Å². The third-order valence-corrected chi connectivity index (χ3v) is 2.89. The standard InChI is InChI=1S/C14H28/c1-5-8-11-14(12-9-6-2)13(4)10-7-3/h5-12H2,1-4H3. The Kier molecular flexibility index (Phi) is 9.13. The van der Waals surface area contributed by atoms with E-state index in [9.17, 15) is 0 Å². The minimum absolute atomic E-state index is 1.30. The number of rotatable bonds is 8. The molecule has 0 aliphatic carbocycles. The van der Waals surface area contributed by atoms with Crippen LogP contribution in [0.2, 0.25) is 0 Å². The van der Waals surface area contributed by atoms with Gasteiger partial charge in [0.25, 0.3) is 0 Å². The maximum atomic E-state index is 2.34. The summed E-state index contributed by atoms with van der Waals surface area (Å²) in [4.78, 5) is 0. The van der Waals surface area contributed by atoms with E-state index >= 15 is 0 Å². The first-order valence-electron chi connectivity index (χ1n) is 6.43. The van der Waals surface area contributed by atoms with Crippen LogP contribution in [-0.2, 0) is 0 Å². The first kappa shape index (κ1) is 13.7. The lowest BCUT2D eigenvalue weighted by molar-refractivity contribution is 0.694. The van der Waals surface area contributed by atoms with Gasteiger partial charge >= 0.3 is 0 Å². The molecule has 0 saturated heterocycles. The molecule has 0 heterocycles. The minimum atomic E-state index is 1.30. The van der Waals surface area contributed by atoms with Gasteiger partial charge in [0.05, 0.1) is 0 Å². The first-order chi connectivity index (χ1) is 6.76. The molecule has 0 atom stereocenters. The van der Waals surface area contributed by atoms with Crippen LogP contribution in [0, 0.1) is 0 Å². The Morgan fingerprint density at radius 3 is 1.57 bits per heavy atom. The zero-order valence-corrected chi connectivity index (χ0v) is 10.7. The highest BCUT2D eigenvalue weighted by Gasteiger charge is 2.01. The van der Waals surface area contributed by atoms with Crippen molar-refractivity contribution in [1.29, 1.82) is 0 Å². The van der Waals surface area contributed by atoms with E-state index in [1.54, 1.807) is 11.1 Å². The van der Waals surface area contributed by atoms with Gasteiger partial charge in [0.1, 0.15) is 0 Å². The predicted molar refractivity (Wildman–Crippen MR) is 66.7 cm³/mol. The summed E-state index contributed by atoms with van der Waals surface area (Å²) in [6.07, 6.45) is 10.7. The molecule has 0 aliphatic rings. The van der Waals surface area contributed by atoms with Crippen molar-refractivity contribution in [2.24, 2.45) is 0 Å². The van der Waals surface area contributed by atoms with Gasteiger partial charge < -0.3 is 0 Å². The van der Waals surface area contributed by atoms with E-state index in [1.807, 2.05) is 0 Å². The van der Waals surface area contributed by atoms with Crippen LogP contribution in [0.1, 0.15) is 79.1 Å². The molecule has 0 rings (SSSR count). The SMILES string of the molecule is CCCCC(CCCC)=C(C)CCC. The van der Waals surface area contributed by atoms with Gasteiger partial charge in [-0.3, -0.25) is 0 Å². The van der Waals surface area contributed by atoms with E-state index < -0.39 is 0 Å². The molecule has 0 aliphatic heterocycles. The fourth-order valence-corrected chi connectivity index (χ4v) is 1.88. The summed E-state index contributed by atoms with van der Waals surface area (Å²) >= 11 is 0. The molecule has 0 bridgehead atoms. The van der Waals surface area contributed by atoms with E-state index in [2.05, 4.69) is 27.7 Å². The molecule has 0 fully saturated rings. The first-order valence-corrected chi connectivity index (χ1v) is 6.43. The molecule has 0 aromatic heterocycles. The van der Waals surface area contributed by atoms with Gasteiger partial charge in [-0.05, 0) is 39.0 Å². The molecule has 0 N–H and O–H groups in total. The van der Waals surface area contributed by atoms with Crippen molar-refractivity contribution in [2.45, 2.75) is 79.1 Å². The van der Waals surface area contributed by atoms with Crippen LogP contribution in [0.5, 0.6) is 0 Å². The quantitative estimate of drug-likeness (QED) is 0.451. The molecular weight excluding hydrogens is 168 g/mol. The summed E-state index contributed by atoms with van der Waals surface area (Å²) in [5.74, 6) is 0. The van der Waals surface area contributed by atoms with E-state index in [0.29, 0.717) is 0 Å². The van der Waals surface area contributed by atoms with Gasteiger partial charge in [0, 0.05) is 0 Å². The van der Waals surface area contributed by atoms with E-state index in [4.69, 9.17) is 0 Å². The smallest absolute Gasteiger partial charge is 0.0318 e. The van der Waals surface area contributed by atoms with Crippen LogP contribution in [0.4, 0.5) is 0 Å².